The van der Waals surface area contributed by atoms with Crippen LogP contribution in [-0.2, 0) is 6.54 Å². The smallest absolute Gasteiger partial charge is 0.251 e. The molecule has 5 nitrogen and oxygen atoms in total. The monoisotopic (exact) mass is 299 g/mol. The van der Waals surface area contributed by atoms with Gasteiger partial charge in [-0.2, -0.15) is 5.10 Å². The zero-order chi connectivity index (χ0) is 15.4. The molecule has 3 rings (SSSR count). The van der Waals surface area contributed by atoms with Gasteiger partial charge in [-0.1, -0.05) is 25.0 Å². The number of aliphatic hydroxyl groups is 1. The lowest BCUT2D eigenvalue weighted by Gasteiger charge is -2.28. The molecule has 1 aromatic carbocycles. The fraction of sp³-hybridized carbons (Fsp3) is 0.412. The molecule has 1 heterocycles. The standard InChI is InChI=1S/C17H21N3O2/c21-13-17(8-1-2-9-17)19-16(22)15-6-4-14(5-7-15)12-20-11-3-10-18-20/h3-7,10-11,21H,1-2,8-9,12-13H2,(H,19,22). The van der Waals surface area contributed by atoms with Crippen molar-refractivity contribution < 1.29 is 9.90 Å². The summed E-state index contributed by atoms with van der Waals surface area (Å²) in [5.41, 5.74) is 1.30. The second kappa shape index (κ2) is 6.32. The van der Waals surface area contributed by atoms with Gasteiger partial charge in [-0.3, -0.25) is 9.48 Å². The largest absolute Gasteiger partial charge is 0.394 e. The molecule has 2 N–H and O–H groups in total. The van der Waals surface area contributed by atoms with E-state index in [1.54, 1.807) is 6.20 Å². The Morgan fingerprint density at radius 1 is 1.27 bits per heavy atom. The molecule has 0 aliphatic heterocycles. The second-order valence-corrected chi connectivity index (χ2v) is 6.00. The van der Waals surface area contributed by atoms with Crippen LogP contribution in [0.3, 0.4) is 0 Å². The highest BCUT2D eigenvalue weighted by Crippen LogP contribution is 2.29. The van der Waals surface area contributed by atoms with Crippen LogP contribution in [0.1, 0.15) is 41.6 Å². The maximum atomic E-state index is 12.4. The lowest BCUT2D eigenvalue weighted by atomic mass is 9.98. The molecule has 0 bridgehead atoms. The maximum Gasteiger partial charge on any atom is 0.251 e. The van der Waals surface area contributed by atoms with Crippen LogP contribution in [0, 0.1) is 0 Å². The quantitative estimate of drug-likeness (QED) is 0.887. The van der Waals surface area contributed by atoms with E-state index < -0.39 is 5.54 Å². The fourth-order valence-corrected chi connectivity index (χ4v) is 3.03. The summed E-state index contributed by atoms with van der Waals surface area (Å²) in [6.45, 7) is 0.700. The number of rotatable bonds is 5. The molecule has 5 heteroatoms. The highest BCUT2D eigenvalue weighted by Gasteiger charge is 2.34. The van der Waals surface area contributed by atoms with Gasteiger partial charge in [0.15, 0.2) is 0 Å². The first-order chi connectivity index (χ1) is 10.7. The van der Waals surface area contributed by atoms with Gasteiger partial charge in [-0.25, -0.2) is 0 Å². The topological polar surface area (TPSA) is 67.2 Å². The van der Waals surface area contributed by atoms with E-state index in [1.807, 2.05) is 41.2 Å². The van der Waals surface area contributed by atoms with Crippen molar-refractivity contribution in [1.82, 2.24) is 15.1 Å². The lowest BCUT2D eigenvalue weighted by molar-refractivity contribution is 0.0838. The van der Waals surface area contributed by atoms with Crippen molar-refractivity contribution in [2.24, 2.45) is 0 Å². The van der Waals surface area contributed by atoms with E-state index >= 15 is 0 Å². The van der Waals surface area contributed by atoms with Crippen molar-refractivity contribution in [3.05, 3.63) is 53.9 Å². The summed E-state index contributed by atoms with van der Waals surface area (Å²) in [6, 6.07) is 9.42. The number of amides is 1. The lowest BCUT2D eigenvalue weighted by Crippen LogP contribution is -2.49. The predicted molar refractivity (Wildman–Crippen MR) is 83.5 cm³/mol. The normalized spacial score (nSPS) is 16.6. The zero-order valence-corrected chi connectivity index (χ0v) is 12.5. The molecule has 1 amide bonds. The molecule has 0 radical (unpaired) electrons. The van der Waals surface area contributed by atoms with Gasteiger partial charge in [0.1, 0.15) is 0 Å². The van der Waals surface area contributed by atoms with Crippen molar-refractivity contribution in [2.75, 3.05) is 6.61 Å². The number of nitrogens with one attached hydrogen (secondary N) is 1. The summed E-state index contributed by atoms with van der Waals surface area (Å²) in [5.74, 6) is -0.110. The fourth-order valence-electron chi connectivity index (χ4n) is 3.03. The number of hydrogen-bond acceptors (Lipinski definition) is 3. The van der Waals surface area contributed by atoms with Crippen LogP contribution in [0.4, 0.5) is 0 Å². The van der Waals surface area contributed by atoms with E-state index in [-0.39, 0.29) is 12.5 Å². The zero-order valence-electron chi connectivity index (χ0n) is 12.5. The average Bonchev–Trinajstić information content (AvgIpc) is 3.20. The van der Waals surface area contributed by atoms with Gasteiger partial charge in [-0.15, -0.1) is 0 Å². The van der Waals surface area contributed by atoms with Crippen LogP contribution < -0.4 is 5.32 Å². The molecular weight excluding hydrogens is 278 g/mol. The minimum atomic E-state index is -0.426. The summed E-state index contributed by atoms with van der Waals surface area (Å²) >= 11 is 0. The van der Waals surface area contributed by atoms with Gasteiger partial charge in [-0.05, 0) is 36.6 Å². The Hall–Kier alpha value is -2.14. The molecule has 22 heavy (non-hydrogen) atoms. The van der Waals surface area contributed by atoms with E-state index in [0.29, 0.717) is 12.1 Å². The molecule has 1 saturated carbocycles. The molecule has 2 aromatic rings. The van der Waals surface area contributed by atoms with Gasteiger partial charge < -0.3 is 10.4 Å². The van der Waals surface area contributed by atoms with Crippen LogP contribution in [0.5, 0.6) is 0 Å². The first-order valence-electron chi connectivity index (χ1n) is 7.71. The Morgan fingerprint density at radius 2 is 2.00 bits per heavy atom. The maximum absolute atomic E-state index is 12.4. The van der Waals surface area contributed by atoms with E-state index in [9.17, 15) is 9.90 Å². The van der Waals surface area contributed by atoms with E-state index in [1.165, 1.54) is 0 Å². The number of carbonyl (C=O) groups excluding carboxylic acids is 1. The molecular formula is C17H21N3O2. The Kier molecular flexibility index (Phi) is 4.24. The summed E-state index contributed by atoms with van der Waals surface area (Å²) in [4.78, 5) is 12.4. The molecule has 1 fully saturated rings. The summed E-state index contributed by atoms with van der Waals surface area (Å²) < 4.78 is 1.84. The first-order valence-corrected chi connectivity index (χ1v) is 7.71. The van der Waals surface area contributed by atoms with Gasteiger partial charge >= 0.3 is 0 Å². The third kappa shape index (κ3) is 3.20. The van der Waals surface area contributed by atoms with Crippen LogP contribution in [0.25, 0.3) is 0 Å². The number of aliphatic hydroxyl groups excluding tert-OH is 1. The number of carbonyl (C=O) groups is 1. The van der Waals surface area contributed by atoms with Crippen molar-refractivity contribution in [3.63, 3.8) is 0 Å². The van der Waals surface area contributed by atoms with Gasteiger partial charge in [0.2, 0.25) is 0 Å². The molecule has 1 aromatic heterocycles. The third-order valence-corrected chi connectivity index (χ3v) is 4.36. The summed E-state index contributed by atoms with van der Waals surface area (Å²) in [7, 11) is 0. The van der Waals surface area contributed by atoms with Crippen LogP contribution in [0.2, 0.25) is 0 Å². The van der Waals surface area contributed by atoms with E-state index in [4.69, 9.17) is 0 Å². The molecule has 0 spiro atoms. The Balaban J connectivity index is 1.65. The number of benzene rings is 1. The Labute approximate surface area is 130 Å². The van der Waals surface area contributed by atoms with Crippen molar-refractivity contribution in [2.45, 2.75) is 37.8 Å². The van der Waals surface area contributed by atoms with Crippen LogP contribution in [-0.4, -0.2) is 32.9 Å². The Morgan fingerprint density at radius 3 is 2.59 bits per heavy atom. The second-order valence-electron chi connectivity index (χ2n) is 6.00. The van der Waals surface area contributed by atoms with E-state index in [2.05, 4.69) is 10.4 Å². The third-order valence-electron chi connectivity index (χ3n) is 4.36. The first kappa shape index (κ1) is 14.8. The molecule has 1 aliphatic carbocycles. The van der Waals surface area contributed by atoms with Crippen molar-refractivity contribution in [3.8, 4) is 0 Å². The van der Waals surface area contributed by atoms with Crippen molar-refractivity contribution >= 4 is 5.91 Å². The molecule has 116 valence electrons. The van der Waals surface area contributed by atoms with Gasteiger partial charge in [0.05, 0.1) is 18.7 Å². The number of nitrogens with zero attached hydrogens (tertiary/aromatic N) is 2. The molecule has 0 saturated heterocycles. The molecule has 0 unspecified atom stereocenters. The van der Waals surface area contributed by atoms with E-state index in [0.717, 1.165) is 31.2 Å². The van der Waals surface area contributed by atoms with Crippen LogP contribution >= 0.6 is 0 Å². The predicted octanol–water partition coefficient (Wildman–Crippen LogP) is 1.97. The van der Waals surface area contributed by atoms with Gasteiger partial charge in [0.25, 0.3) is 5.91 Å². The Bertz CT molecular complexity index is 614. The van der Waals surface area contributed by atoms with Crippen LogP contribution in [0.15, 0.2) is 42.7 Å². The average molecular weight is 299 g/mol. The highest BCUT2D eigenvalue weighted by atomic mass is 16.3. The summed E-state index contributed by atoms with van der Waals surface area (Å²) in [5, 5.41) is 16.8. The van der Waals surface area contributed by atoms with Gasteiger partial charge in [0, 0.05) is 18.0 Å². The summed E-state index contributed by atoms with van der Waals surface area (Å²) in [6.07, 6.45) is 7.48. The molecule has 1 aliphatic rings. The highest BCUT2D eigenvalue weighted by molar-refractivity contribution is 5.94. The number of aromatic nitrogens is 2. The minimum absolute atomic E-state index is 0.0100. The SMILES string of the molecule is O=C(NC1(CO)CCCC1)c1ccc(Cn2cccn2)cc1. The van der Waals surface area contributed by atoms with Crippen molar-refractivity contribution in [1.29, 1.82) is 0 Å². The number of hydrogen-bond donors (Lipinski definition) is 2. The molecule has 0 atom stereocenters. The minimum Gasteiger partial charge on any atom is -0.394 e.